The van der Waals surface area contributed by atoms with Gasteiger partial charge in [-0.25, -0.2) is 9.37 Å². The van der Waals surface area contributed by atoms with Gasteiger partial charge in [0.25, 0.3) is 11.6 Å². The van der Waals surface area contributed by atoms with Gasteiger partial charge in [-0.15, -0.1) is 0 Å². The summed E-state index contributed by atoms with van der Waals surface area (Å²) in [5.74, 6) is -0.527. The molecule has 0 saturated carbocycles. The number of nitro groups is 1. The first-order valence-electron chi connectivity index (χ1n) is 8.63. The number of carbonyl (C=O) groups excluding carboxylic acids is 1. The van der Waals surface area contributed by atoms with Gasteiger partial charge in [0.05, 0.1) is 4.92 Å². The number of hydrogen-bond donors (Lipinski definition) is 1. The quantitative estimate of drug-likeness (QED) is 0.385. The minimum atomic E-state index is -0.494. The second-order valence-electron chi connectivity index (χ2n) is 6.42. The third-order valence-electron chi connectivity index (χ3n) is 4.37. The number of anilines is 1. The molecule has 8 heteroatoms. The lowest BCUT2D eigenvalue weighted by Crippen LogP contribution is -2.12. The molecule has 1 heterocycles. The van der Waals surface area contributed by atoms with Crippen LogP contribution in [0, 0.1) is 22.9 Å². The topological polar surface area (TPSA) is 98.3 Å². The highest BCUT2D eigenvalue weighted by molar-refractivity contribution is 6.05. The Kier molecular flexibility index (Phi) is 4.52. The Morgan fingerprint density at radius 1 is 1.14 bits per heavy atom. The summed E-state index contributed by atoms with van der Waals surface area (Å²) in [4.78, 5) is 27.2. The van der Waals surface area contributed by atoms with Gasteiger partial charge >= 0.3 is 0 Å². The van der Waals surface area contributed by atoms with Crippen molar-refractivity contribution in [2.45, 2.75) is 6.92 Å². The molecule has 4 rings (SSSR count). The van der Waals surface area contributed by atoms with Gasteiger partial charge in [0, 0.05) is 28.4 Å². The number of aryl methyl sites for hydroxylation is 1. The van der Waals surface area contributed by atoms with Crippen molar-refractivity contribution in [2.75, 3.05) is 5.32 Å². The molecule has 0 atom stereocenters. The maximum Gasteiger partial charge on any atom is 0.272 e. The molecule has 4 aromatic rings. The summed E-state index contributed by atoms with van der Waals surface area (Å²) in [7, 11) is 0. The number of halogens is 1. The van der Waals surface area contributed by atoms with E-state index < -0.39 is 16.6 Å². The van der Waals surface area contributed by atoms with Crippen LogP contribution in [0.3, 0.4) is 0 Å². The lowest BCUT2D eigenvalue weighted by molar-refractivity contribution is -0.385. The molecule has 29 heavy (non-hydrogen) atoms. The van der Waals surface area contributed by atoms with E-state index in [1.54, 1.807) is 37.3 Å². The Balaban J connectivity index is 1.59. The smallest absolute Gasteiger partial charge is 0.272 e. The van der Waals surface area contributed by atoms with Crippen LogP contribution in [0.2, 0.25) is 0 Å². The van der Waals surface area contributed by atoms with Gasteiger partial charge in [0.15, 0.2) is 5.58 Å². The van der Waals surface area contributed by atoms with Crippen molar-refractivity contribution in [3.8, 4) is 11.5 Å². The van der Waals surface area contributed by atoms with E-state index in [1.165, 1.54) is 30.3 Å². The maximum absolute atomic E-state index is 13.4. The van der Waals surface area contributed by atoms with Crippen LogP contribution in [0.5, 0.6) is 0 Å². The molecular formula is C21H14FN3O4. The summed E-state index contributed by atoms with van der Waals surface area (Å²) in [5.41, 5.74) is 2.64. The van der Waals surface area contributed by atoms with E-state index in [0.29, 0.717) is 33.5 Å². The van der Waals surface area contributed by atoms with E-state index in [9.17, 15) is 19.3 Å². The first-order valence-corrected chi connectivity index (χ1v) is 8.63. The number of carbonyl (C=O) groups is 1. The van der Waals surface area contributed by atoms with Crippen LogP contribution in [-0.4, -0.2) is 15.8 Å². The monoisotopic (exact) mass is 391 g/mol. The first-order chi connectivity index (χ1) is 13.9. The van der Waals surface area contributed by atoms with Gasteiger partial charge in [0.1, 0.15) is 11.3 Å². The molecule has 1 amide bonds. The summed E-state index contributed by atoms with van der Waals surface area (Å²) < 4.78 is 19.1. The zero-order valence-corrected chi connectivity index (χ0v) is 15.2. The molecular weight excluding hydrogens is 377 g/mol. The predicted molar refractivity (Wildman–Crippen MR) is 105 cm³/mol. The summed E-state index contributed by atoms with van der Waals surface area (Å²) in [6.07, 6.45) is 0. The van der Waals surface area contributed by atoms with Gasteiger partial charge in [-0.05, 0) is 55.5 Å². The second-order valence-corrected chi connectivity index (χ2v) is 6.42. The van der Waals surface area contributed by atoms with Gasteiger partial charge in [-0.2, -0.15) is 0 Å². The number of nitrogens with one attached hydrogen (secondary N) is 1. The lowest BCUT2D eigenvalue weighted by Gasteiger charge is -2.06. The molecule has 0 aliphatic rings. The average Bonchev–Trinajstić information content (AvgIpc) is 3.11. The van der Waals surface area contributed by atoms with Gasteiger partial charge in [-0.3, -0.25) is 14.9 Å². The molecule has 7 nitrogen and oxygen atoms in total. The highest BCUT2D eigenvalue weighted by atomic mass is 19.1. The molecule has 3 aromatic carbocycles. The second kappa shape index (κ2) is 7.16. The number of hydrogen-bond acceptors (Lipinski definition) is 5. The molecule has 0 spiro atoms. The first kappa shape index (κ1) is 18.3. The van der Waals surface area contributed by atoms with Crippen molar-refractivity contribution in [3.63, 3.8) is 0 Å². The summed E-state index contributed by atoms with van der Waals surface area (Å²) in [5, 5.41) is 13.6. The van der Waals surface area contributed by atoms with E-state index in [-0.39, 0.29) is 11.6 Å². The summed E-state index contributed by atoms with van der Waals surface area (Å²) in [6.45, 7) is 1.57. The van der Waals surface area contributed by atoms with E-state index in [1.807, 2.05) is 0 Å². The Hall–Kier alpha value is -4.07. The maximum atomic E-state index is 13.4. The van der Waals surface area contributed by atoms with E-state index >= 15 is 0 Å². The number of nitro benzene ring substituents is 1. The fraction of sp³-hybridized carbons (Fsp3) is 0.0476. The third-order valence-corrected chi connectivity index (χ3v) is 4.37. The largest absolute Gasteiger partial charge is 0.436 e. The van der Waals surface area contributed by atoms with Crippen molar-refractivity contribution in [1.29, 1.82) is 0 Å². The van der Waals surface area contributed by atoms with Crippen molar-refractivity contribution < 1.29 is 18.5 Å². The van der Waals surface area contributed by atoms with Gasteiger partial charge in [-0.1, -0.05) is 6.07 Å². The summed E-state index contributed by atoms with van der Waals surface area (Å²) in [6, 6.07) is 15.0. The fourth-order valence-corrected chi connectivity index (χ4v) is 2.95. The highest BCUT2D eigenvalue weighted by Crippen LogP contribution is 2.27. The molecule has 0 fully saturated rings. The average molecular weight is 391 g/mol. The third kappa shape index (κ3) is 3.68. The zero-order chi connectivity index (χ0) is 20.5. The molecule has 1 aromatic heterocycles. The predicted octanol–water partition coefficient (Wildman–Crippen LogP) is 5.10. The van der Waals surface area contributed by atoms with Crippen molar-refractivity contribution >= 4 is 28.4 Å². The van der Waals surface area contributed by atoms with Crippen LogP contribution in [-0.2, 0) is 0 Å². The van der Waals surface area contributed by atoms with Crippen LogP contribution >= 0.6 is 0 Å². The molecule has 0 unspecified atom stereocenters. The number of fused-ring (bicyclic) bond motifs is 1. The van der Waals surface area contributed by atoms with Crippen LogP contribution < -0.4 is 5.32 Å². The summed E-state index contributed by atoms with van der Waals surface area (Å²) >= 11 is 0. The number of amides is 1. The Labute approximate surface area is 164 Å². The van der Waals surface area contributed by atoms with Crippen molar-refractivity contribution in [3.05, 3.63) is 87.7 Å². The fourth-order valence-electron chi connectivity index (χ4n) is 2.95. The van der Waals surface area contributed by atoms with Crippen LogP contribution in [0.25, 0.3) is 22.6 Å². The lowest BCUT2D eigenvalue weighted by atomic mass is 10.1. The molecule has 0 aliphatic carbocycles. The number of aromatic nitrogens is 1. The minimum absolute atomic E-state index is 0.0459. The van der Waals surface area contributed by atoms with E-state index in [4.69, 9.17) is 4.42 Å². The Bertz CT molecular complexity index is 1270. The highest BCUT2D eigenvalue weighted by Gasteiger charge is 2.15. The van der Waals surface area contributed by atoms with E-state index in [0.717, 1.165) is 0 Å². The molecule has 0 saturated heterocycles. The van der Waals surface area contributed by atoms with Crippen molar-refractivity contribution in [1.82, 2.24) is 4.98 Å². The molecule has 0 aliphatic heterocycles. The molecule has 0 bridgehead atoms. The molecule has 144 valence electrons. The number of benzene rings is 3. The van der Waals surface area contributed by atoms with Crippen LogP contribution in [0.1, 0.15) is 15.9 Å². The minimum Gasteiger partial charge on any atom is -0.436 e. The van der Waals surface area contributed by atoms with E-state index in [2.05, 4.69) is 10.3 Å². The van der Waals surface area contributed by atoms with Crippen LogP contribution in [0.4, 0.5) is 15.8 Å². The Morgan fingerprint density at radius 2 is 1.97 bits per heavy atom. The van der Waals surface area contributed by atoms with Gasteiger partial charge in [0.2, 0.25) is 5.89 Å². The van der Waals surface area contributed by atoms with Gasteiger partial charge < -0.3 is 9.73 Å². The SMILES string of the molecule is Cc1cc(C(=O)Nc2ccc3oc(-c4cccc(F)c4)nc3c2)ccc1[N+](=O)[O-]. The normalized spacial score (nSPS) is 10.8. The zero-order valence-electron chi connectivity index (χ0n) is 15.2. The molecule has 0 radical (unpaired) electrons. The Morgan fingerprint density at radius 3 is 2.69 bits per heavy atom. The molecule has 1 N–H and O–H groups in total. The van der Waals surface area contributed by atoms with Crippen LogP contribution in [0.15, 0.2) is 65.1 Å². The number of nitrogens with zero attached hydrogens (tertiary/aromatic N) is 2. The number of oxazole rings is 1. The standard InChI is InChI=1S/C21H14FN3O4/c1-12-9-13(5-7-18(12)25(27)28)20(26)23-16-6-8-19-17(11-16)24-21(29-19)14-3-2-4-15(22)10-14/h2-11H,1H3,(H,23,26). The van der Waals surface area contributed by atoms with Crippen molar-refractivity contribution in [2.24, 2.45) is 0 Å². The number of rotatable bonds is 4.